The van der Waals surface area contributed by atoms with Gasteiger partial charge in [0.1, 0.15) is 0 Å². The van der Waals surface area contributed by atoms with Crippen LogP contribution in [-0.4, -0.2) is 11.8 Å². The van der Waals surface area contributed by atoms with Gasteiger partial charge in [0, 0.05) is 10.7 Å². The SMILES string of the molecule is CCCCCCCCCCCC(=NOC(=O)Nc1cccc(Cl)c1)c1ccc(C)cc1. The third-order valence-electron chi connectivity index (χ3n) is 5.21. The van der Waals surface area contributed by atoms with Crippen molar-refractivity contribution in [1.82, 2.24) is 0 Å². The molecule has 0 saturated heterocycles. The molecule has 5 heteroatoms. The predicted molar refractivity (Wildman–Crippen MR) is 131 cm³/mol. The molecule has 0 spiro atoms. The molecular formula is C26H35ClN2O2. The zero-order valence-electron chi connectivity index (χ0n) is 18.8. The molecule has 0 aliphatic carbocycles. The Morgan fingerprint density at radius 2 is 1.58 bits per heavy atom. The number of hydrogen-bond donors (Lipinski definition) is 1. The molecule has 4 nitrogen and oxygen atoms in total. The van der Waals surface area contributed by atoms with E-state index < -0.39 is 6.09 Å². The van der Waals surface area contributed by atoms with Crippen molar-refractivity contribution in [3.63, 3.8) is 0 Å². The monoisotopic (exact) mass is 442 g/mol. The van der Waals surface area contributed by atoms with Crippen LogP contribution in [0.25, 0.3) is 0 Å². The molecule has 0 aromatic heterocycles. The average molecular weight is 443 g/mol. The molecule has 0 heterocycles. The lowest BCUT2D eigenvalue weighted by Gasteiger charge is -2.08. The van der Waals surface area contributed by atoms with E-state index in [0.717, 1.165) is 30.5 Å². The fourth-order valence-electron chi connectivity index (χ4n) is 3.40. The molecule has 0 saturated carbocycles. The fraction of sp³-hybridized carbons (Fsp3) is 0.462. The smallest absolute Gasteiger partial charge is 0.297 e. The van der Waals surface area contributed by atoms with Gasteiger partial charge in [-0.3, -0.25) is 10.2 Å². The highest BCUT2D eigenvalue weighted by molar-refractivity contribution is 6.30. The van der Waals surface area contributed by atoms with Crippen LogP contribution < -0.4 is 5.32 Å². The minimum Gasteiger partial charge on any atom is -0.297 e. The third-order valence-corrected chi connectivity index (χ3v) is 5.45. The first-order valence-electron chi connectivity index (χ1n) is 11.5. The first-order valence-corrected chi connectivity index (χ1v) is 11.8. The van der Waals surface area contributed by atoms with E-state index in [2.05, 4.69) is 24.3 Å². The summed E-state index contributed by atoms with van der Waals surface area (Å²) < 4.78 is 0. The van der Waals surface area contributed by atoms with Crippen molar-refractivity contribution < 1.29 is 9.63 Å². The lowest BCUT2D eigenvalue weighted by Crippen LogP contribution is -2.12. The van der Waals surface area contributed by atoms with Crippen LogP contribution in [0.2, 0.25) is 5.02 Å². The van der Waals surface area contributed by atoms with Crippen molar-refractivity contribution in [2.75, 3.05) is 5.32 Å². The van der Waals surface area contributed by atoms with Crippen molar-refractivity contribution in [2.45, 2.75) is 78.1 Å². The van der Waals surface area contributed by atoms with Crippen molar-refractivity contribution in [3.05, 3.63) is 64.7 Å². The molecule has 0 aliphatic heterocycles. The highest BCUT2D eigenvalue weighted by Crippen LogP contribution is 2.16. The van der Waals surface area contributed by atoms with E-state index in [1.165, 1.54) is 50.5 Å². The minimum absolute atomic E-state index is 0.548. The molecule has 1 amide bonds. The zero-order chi connectivity index (χ0) is 22.3. The number of unbranched alkanes of at least 4 members (excludes halogenated alkanes) is 8. The number of amides is 1. The minimum atomic E-state index is -0.626. The molecule has 2 aromatic carbocycles. The van der Waals surface area contributed by atoms with Crippen LogP contribution >= 0.6 is 11.6 Å². The molecule has 0 fully saturated rings. The topological polar surface area (TPSA) is 50.7 Å². The molecule has 0 bridgehead atoms. The van der Waals surface area contributed by atoms with E-state index in [-0.39, 0.29) is 0 Å². The summed E-state index contributed by atoms with van der Waals surface area (Å²) in [7, 11) is 0. The van der Waals surface area contributed by atoms with E-state index in [1.54, 1.807) is 24.3 Å². The number of carbonyl (C=O) groups excluding carboxylic acids is 1. The van der Waals surface area contributed by atoms with E-state index in [1.807, 2.05) is 24.3 Å². The second kappa shape index (κ2) is 14.6. The average Bonchev–Trinajstić information content (AvgIpc) is 2.75. The number of benzene rings is 2. The van der Waals surface area contributed by atoms with Crippen LogP contribution in [0.5, 0.6) is 0 Å². The van der Waals surface area contributed by atoms with Crippen LogP contribution in [-0.2, 0) is 4.84 Å². The maximum absolute atomic E-state index is 12.2. The summed E-state index contributed by atoms with van der Waals surface area (Å²) in [4.78, 5) is 17.3. The Morgan fingerprint density at radius 1 is 0.935 bits per heavy atom. The quantitative estimate of drug-likeness (QED) is 0.146. The Bertz CT molecular complexity index is 818. The summed E-state index contributed by atoms with van der Waals surface area (Å²) in [5.74, 6) is 0. The van der Waals surface area contributed by atoms with Crippen molar-refractivity contribution in [1.29, 1.82) is 0 Å². The zero-order valence-corrected chi connectivity index (χ0v) is 19.6. The molecule has 2 aromatic rings. The Morgan fingerprint density at radius 3 is 2.23 bits per heavy atom. The highest BCUT2D eigenvalue weighted by Gasteiger charge is 2.08. The molecule has 31 heavy (non-hydrogen) atoms. The number of anilines is 1. The molecule has 168 valence electrons. The summed E-state index contributed by atoms with van der Waals surface area (Å²) in [6.45, 7) is 4.30. The second-order valence-electron chi connectivity index (χ2n) is 8.00. The Kier molecular flexibility index (Phi) is 11.8. The number of oxime groups is 1. The number of carbonyl (C=O) groups is 1. The van der Waals surface area contributed by atoms with Crippen LogP contribution in [0.15, 0.2) is 53.7 Å². The molecule has 2 rings (SSSR count). The fourth-order valence-corrected chi connectivity index (χ4v) is 3.59. The first-order chi connectivity index (χ1) is 15.1. The van der Waals surface area contributed by atoms with Crippen LogP contribution in [0.1, 0.15) is 82.3 Å². The molecule has 0 atom stereocenters. The van der Waals surface area contributed by atoms with Crippen molar-refractivity contribution >= 4 is 29.1 Å². The van der Waals surface area contributed by atoms with Gasteiger partial charge in [-0.15, -0.1) is 0 Å². The van der Waals surface area contributed by atoms with Crippen LogP contribution in [0.3, 0.4) is 0 Å². The molecular weight excluding hydrogens is 408 g/mol. The highest BCUT2D eigenvalue weighted by atomic mass is 35.5. The van der Waals surface area contributed by atoms with Crippen LogP contribution in [0.4, 0.5) is 10.5 Å². The molecule has 1 N–H and O–H groups in total. The number of halogens is 1. The van der Waals surface area contributed by atoms with Gasteiger partial charge in [-0.25, -0.2) is 4.79 Å². The van der Waals surface area contributed by atoms with Crippen molar-refractivity contribution in [2.24, 2.45) is 5.16 Å². The van der Waals surface area contributed by atoms with E-state index >= 15 is 0 Å². The lowest BCUT2D eigenvalue weighted by molar-refractivity contribution is 0.166. The van der Waals surface area contributed by atoms with Gasteiger partial charge in [0.15, 0.2) is 0 Å². The first kappa shape index (κ1) is 24.9. The largest absolute Gasteiger partial charge is 0.437 e. The summed E-state index contributed by atoms with van der Waals surface area (Å²) in [5.41, 5.74) is 3.54. The number of nitrogens with one attached hydrogen (secondary N) is 1. The van der Waals surface area contributed by atoms with Gasteiger partial charge >= 0.3 is 6.09 Å². The predicted octanol–water partition coefficient (Wildman–Crippen LogP) is 8.52. The normalized spacial score (nSPS) is 11.4. The lowest BCUT2D eigenvalue weighted by atomic mass is 10.0. The molecule has 0 aliphatic rings. The molecule has 0 radical (unpaired) electrons. The number of rotatable bonds is 13. The summed E-state index contributed by atoms with van der Waals surface area (Å²) in [6, 6.07) is 15.1. The van der Waals surface area contributed by atoms with E-state index in [9.17, 15) is 4.79 Å². The van der Waals surface area contributed by atoms with Gasteiger partial charge in [0.2, 0.25) is 0 Å². The second-order valence-corrected chi connectivity index (χ2v) is 8.43. The maximum atomic E-state index is 12.2. The summed E-state index contributed by atoms with van der Waals surface area (Å²) in [6.07, 6.45) is 11.5. The number of hydrogen-bond acceptors (Lipinski definition) is 3. The number of aryl methyl sites for hydroxylation is 1. The Balaban J connectivity index is 1.85. The van der Waals surface area contributed by atoms with Gasteiger partial charge in [0.05, 0.1) is 5.71 Å². The van der Waals surface area contributed by atoms with Gasteiger partial charge < -0.3 is 0 Å². The van der Waals surface area contributed by atoms with Crippen LogP contribution in [0, 0.1) is 6.92 Å². The summed E-state index contributed by atoms with van der Waals surface area (Å²) in [5, 5.41) is 7.38. The summed E-state index contributed by atoms with van der Waals surface area (Å²) >= 11 is 5.95. The Hall–Kier alpha value is -2.33. The van der Waals surface area contributed by atoms with Crippen molar-refractivity contribution in [3.8, 4) is 0 Å². The van der Waals surface area contributed by atoms with E-state index in [0.29, 0.717) is 10.7 Å². The standard InChI is InChI=1S/C26H35ClN2O2/c1-3-4-5-6-7-8-9-10-11-15-25(22-18-16-21(2)17-19-22)29-31-26(30)28-24-14-12-13-23(27)20-24/h12-14,16-20H,3-11,15H2,1-2H3,(H,28,30). The van der Waals surface area contributed by atoms with Gasteiger partial charge in [0.25, 0.3) is 0 Å². The Labute approximate surface area is 192 Å². The maximum Gasteiger partial charge on any atom is 0.437 e. The third kappa shape index (κ3) is 10.5. The van der Waals surface area contributed by atoms with E-state index in [4.69, 9.17) is 16.4 Å². The van der Waals surface area contributed by atoms with Gasteiger partial charge in [-0.2, -0.15) is 0 Å². The van der Waals surface area contributed by atoms with Gasteiger partial charge in [-0.1, -0.05) is 111 Å². The molecule has 0 unspecified atom stereocenters. The number of nitrogens with zero attached hydrogens (tertiary/aromatic N) is 1. The van der Waals surface area contributed by atoms with Gasteiger partial charge in [-0.05, 0) is 43.5 Å².